The van der Waals surface area contributed by atoms with Crippen LogP contribution in [0.2, 0.25) is 0 Å². The van der Waals surface area contributed by atoms with Crippen LogP contribution in [0, 0.1) is 0 Å². The molecular weight excluding hydrogens is 402 g/mol. The molecular formula is C27H27NO4. The third-order valence-electron chi connectivity index (χ3n) is 4.78. The molecule has 0 aromatic heterocycles. The maximum absolute atomic E-state index is 12.4. The van der Waals surface area contributed by atoms with E-state index >= 15 is 0 Å². The second kappa shape index (κ2) is 11.0. The monoisotopic (exact) mass is 429 g/mol. The molecule has 0 aliphatic carbocycles. The molecule has 164 valence electrons. The summed E-state index contributed by atoms with van der Waals surface area (Å²) in [7, 11) is 0. The van der Waals surface area contributed by atoms with Gasteiger partial charge in [-0.3, -0.25) is 4.79 Å². The number of hydrogen-bond donors (Lipinski definition) is 1. The molecule has 3 aromatic rings. The molecule has 0 radical (unpaired) electrons. The summed E-state index contributed by atoms with van der Waals surface area (Å²) in [6.07, 6.45) is 2.06. The maximum atomic E-state index is 12.4. The minimum Gasteiger partial charge on any atom is -0.457 e. The highest BCUT2D eigenvalue weighted by atomic mass is 16.5. The van der Waals surface area contributed by atoms with Crippen molar-refractivity contribution in [2.45, 2.75) is 32.8 Å². The zero-order valence-electron chi connectivity index (χ0n) is 18.4. The Labute approximate surface area is 188 Å². The largest absolute Gasteiger partial charge is 0.457 e. The van der Waals surface area contributed by atoms with Gasteiger partial charge in [-0.2, -0.15) is 0 Å². The van der Waals surface area contributed by atoms with E-state index in [1.54, 1.807) is 30.3 Å². The van der Waals surface area contributed by atoms with Crippen LogP contribution in [-0.2, 0) is 14.3 Å². The first-order valence-corrected chi connectivity index (χ1v) is 10.5. The van der Waals surface area contributed by atoms with Crippen LogP contribution >= 0.6 is 0 Å². The summed E-state index contributed by atoms with van der Waals surface area (Å²) in [6.45, 7) is 5.79. The fraction of sp³-hybridized carbons (Fsp3) is 0.185. The maximum Gasteiger partial charge on any atom is 0.331 e. The summed E-state index contributed by atoms with van der Waals surface area (Å²) in [5.74, 6) is 0.843. The molecule has 5 heteroatoms. The Morgan fingerprint density at radius 3 is 2.06 bits per heavy atom. The van der Waals surface area contributed by atoms with Gasteiger partial charge in [-0.15, -0.1) is 0 Å². The summed E-state index contributed by atoms with van der Waals surface area (Å²) >= 11 is 0. The van der Waals surface area contributed by atoms with E-state index in [4.69, 9.17) is 9.47 Å². The van der Waals surface area contributed by atoms with E-state index in [0.29, 0.717) is 17.4 Å². The van der Waals surface area contributed by atoms with Gasteiger partial charge in [-0.05, 0) is 66.4 Å². The normalized spacial score (nSPS) is 11.9. The van der Waals surface area contributed by atoms with Gasteiger partial charge in [0.1, 0.15) is 11.5 Å². The Kier molecular flexibility index (Phi) is 7.81. The predicted octanol–water partition coefficient (Wildman–Crippen LogP) is 6.19. The standard InChI is InChI=1S/C27H27NO4/c1-19(2)22-12-9-21(10-13-22)11-18-26(29)31-20(3)27(30)28-23-14-16-25(17-15-23)32-24-7-5-4-6-8-24/h4-20H,1-3H3,(H,28,30)/b18-11+. The van der Waals surface area contributed by atoms with Gasteiger partial charge >= 0.3 is 5.97 Å². The fourth-order valence-electron chi connectivity index (χ4n) is 2.90. The third kappa shape index (κ3) is 6.84. The SMILES string of the molecule is CC(OC(=O)/C=C/c1ccc(C(C)C)cc1)C(=O)Nc1ccc(Oc2ccccc2)cc1. The van der Waals surface area contributed by atoms with Gasteiger partial charge < -0.3 is 14.8 Å². The quantitative estimate of drug-likeness (QED) is 0.343. The van der Waals surface area contributed by atoms with Crippen molar-refractivity contribution < 1.29 is 19.1 Å². The lowest BCUT2D eigenvalue weighted by Gasteiger charge is -2.13. The molecule has 0 aliphatic rings. The number of anilines is 1. The Bertz CT molecular complexity index is 1060. The summed E-state index contributed by atoms with van der Waals surface area (Å²) in [4.78, 5) is 24.4. The first kappa shape index (κ1) is 22.8. The van der Waals surface area contributed by atoms with E-state index < -0.39 is 18.0 Å². The molecule has 0 saturated heterocycles. The lowest BCUT2D eigenvalue weighted by molar-refractivity contribution is -0.148. The highest BCUT2D eigenvalue weighted by Crippen LogP contribution is 2.22. The van der Waals surface area contributed by atoms with E-state index in [1.807, 2.05) is 54.6 Å². The Hall–Kier alpha value is -3.86. The molecule has 1 amide bonds. The van der Waals surface area contributed by atoms with Crippen LogP contribution in [0.5, 0.6) is 11.5 Å². The van der Waals surface area contributed by atoms with Crippen LogP contribution in [-0.4, -0.2) is 18.0 Å². The first-order chi connectivity index (χ1) is 15.4. The molecule has 0 aliphatic heterocycles. The van der Waals surface area contributed by atoms with Crippen LogP contribution in [0.1, 0.15) is 37.8 Å². The van der Waals surface area contributed by atoms with Crippen molar-refractivity contribution in [3.63, 3.8) is 0 Å². The summed E-state index contributed by atoms with van der Waals surface area (Å²) in [5.41, 5.74) is 2.70. The van der Waals surface area contributed by atoms with Gasteiger partial charge in [0.25, 0.3) is 5.91 Å². The van der Waals surface area contributed by atoms with Crippen LogP contribution in [0.25, 0.3) is 6.08 Å². The van der Waals surface area contributed by atoms with Crippen LogP contribution in [0.4, 0.5) is 5.69 Å². The number of hydrogen-bond acceptors (Lipinski definition) is 4. The molecule has 32 heavy (non-hydrogen) atoms. The highest BCUT2D eigenvalue weighted by Gasteiger charge is 2.16. The molecule has 1 atom stereocenters. The van der Waals surface area contributed by atoms with Gasteiger partial charge in [0, 0.05) is 11.8 Å². The van der Waals surface area contributed by atoms with E-state index in [2.05, 4.69) is 19.2 Å². The van der Waals surface area contributed by atoms with Crippen LogP contribution in [0.3, 0.4) is 0 Å². The zero-order chi connectivity index (χ0) is 22.9. The van der Waals surface area contributed by atoms with Gasteiger partial charge in [-0.1, -0.05) is 56.3 Å². The number of para-hydroxylation sites is 1. The van der Waals surface area contributed by atoms with Crippen molar-refractivity contribution >= 4 is 23.6 Å². The Morgan fingerprint density at radius 1 is 0.812 bits per heavy atom. The summed E-state index contributed by atoms with van der Waals surface area (Å²) in [5, 5.41) is 2.73. The number of benzene rings is 3. The molecule has 1 N–H and O–H groups in total. The number of carbonyl (C=O) groups excluding carboxylic acids is 2. The lowest BCUT2D eigenvalue weighted by atomic mass is 10.0. The van der Waals surface area contributed by atoms with Crippen LogP contribution < -0.4 is 10.1 Å². The minimum atomic E-state index is -0.935. The molecule has 0 fully saturated rings. The van der Waals surface area contributed by atoms with E-state index in [-0.39, 0.29) is 0 Å². The number of amides is 1. The first-order valence-electron chi connectivity index (χ1n) is 10.5. The average molecular weight is 430 g/mol. The Morgan fingerprint density at radius 2 is 1.44 bits per heavy atom. The second-order valence-corrected chi connectivity index (χ2v) is 7.66. The molecule has 1 unspecified atom stereocenters. The molecule has 0 spiro atoms. The van der Waals surface area contributed by atoms with E-state index in [9.17, 15) is 9.59 Å². The average Bonchev–Trinajstić information content (AvgIpc) is 2.80. The molecule has 5 nitrogen and oxygen atoms in total. The molecule has 3 aromatic carbocycles. The zero-order valence-corrected chi connectivity index (χ0v) is 18.4. The number of carbonyl (C=O) groups is 2. The lowest BCUT2D eigenvalue weighted by Crippen LogP contribution is -2.29. The smallest absolute Gasteiger partial charge is 0.331 e. The second-order valence-electron chi connectivity index (χ2n) is 7.66. The van der Waals surface area contributed by atoms with Crippen molar-refractivity contribution in [3.05, 3.63) is 96.1 Å². The fourth-order valence-corrected chi connectivity index (χ4v) is 2.90. The van der Waals surface area contributed by atoms with Crippen molar-refractivity contribution in [3.8, 4) is 11.5 Å². The van der Waals surface area contributed by atoms with Crippen molar-refractivity contribution in [1.29, 1.82) is 0 Å². The number of rotatable bonds is 8. The number of nitrogens with one attached hydrogen (secondary N) is 1. The highest BCUT2D eigenvalue weighted by molar-refractivity contribution is 5.96. The molecule has 0 saturated carbocycles. The number of esters is 1. The summed E-state index contributed by atoms with van der Waals surface area (Å²) in [6, 6.07) is 24.3. The van der Waals surface area contributed by atoms with Gasteiger partial charge in [-0.25, -0.2) is 4.79 Å². The van der Waals surface area contributed by atoms with E-state index in [0.717, 1.165) is 11.3 Å². The van der Waals surface area contributed by atoms with Gasteiger partial charge in [0.05, 0.1) is 0 Å². The molecule has 3 rings (SSSR count). The number of ether oxygens (including phenoxy) is 2. The van der Waals surface area contributed by atoms with Gasteiger partial charge in [0.15, 0.2) is 6.10 Å². The minimum absolute atomic E-state index is 0.412. The van der Waals surface area contributed by atoms with Crippen LogP contribution in [0.15, 0.2) is 84.9 Å². The van der Waals surface area contributed by atoms with Gasteiger partial charge in [0.2, 0.25) is 0 Å². The Balaban J connectivity index is 1.49. The van der Waals surface area contributed by atoms with Crippen molar-refractivity contribution in [2.75, 3.05) is 5.32 Å². The van der Waals surface area contributed by atoms with Crippen molar-refractivity contribution in [2.24, 2.45) is 0 Å². The van der Waals surface area contributed by atoms with Crippen molar-refractivity contribution in [1.82, 2.24) is 0 Å². The predicted molar refractivity (Wildman–Crippen MR) is 127 cm³/mol. The summed E-state index contributed by atoms with van der Waals surface area (Å²) < 4.78 is 10.9. The topological polar surface area (TPSA) is 64.6 Å². The molecule has 0 bridgehead atoms. The van der Waals surface area contributed by atoms with E-state index in [1.165, 1.54) is 18.6 Å². The third-order valence-corrected chi connectivity index (χ3v) is 4.78. The molecule has 0 heterocycles.